The summed E-state index contributed by atoms with van der Waals surface area (Å²) in [4.78, 5) is 13.7. The van der Waals surface area contributed by atoms with Crippen LogP contribution < -0.4 is 9.64 Å². The van der Waals surface area contributed by atoms with Crippen LogP contribution in [-0.4, -0.2) is 12.5 Å². The van der Waals surface area contributed by atoms with Gasteiger partial charge >= 0.3 is 0 Å². The quantitative estimate of drug-likeness (QED) is 0.863. The molecule has 22 heavy (non-hydrogen) atoms. The summed E-state index contributed by atoms with van der Waals surface area (Å²) in [5.74, 6) is 1.36. The average Bonchev–Trinajstić information content (AvgIpc) is 2.57. The van der Waals surface area contributed by atoms with Crippen LogP contribution in [0.3, 0.4) is 0 Å². The van der Waals surface area contributed by atoms with Crippen LogP contribution in [0, 0.1) is 11.3 Å². The molecule has 0 spiro atoms. The summed E-state index contributed by atoms with van der Waals surface area (Å²) in [6.07, 6.45) is 2.63. The van der Waals surface area contributed by atoms with Crippen molar-refractivity contribution in [2.24, 2.45) is 0 Å². The molecule has 3 rings (SSSR count). The Hall–Kier alpha value is -2.80. The minimum absolute atomic E-state index is 0.176. The predicted molar refractivity (Wildman–Crippen MR) is 83.9 cm³/mol. The van der Waals surface area contributed by atoms with Crippen LogP contribution in [0.15, 0.2) is 48.5 Å². The van der Waals surface area contributed by atoms with Gasteiger partial charge in [0.15, 0.2) is 0 Å². The number of nitrogens with zero attached hydrogens (tertiary/aromatic N) is 2. The van der Waals surface area contributed by atoms with Gasteiger partial charge in [-0.05, 0) is 49.2 Å². The van der Waals surface area contributed by atoms with Crippen molar-refractivity contribution < 1.29 is 9.53 Å². The fraction of sp³-hybridized carbons (Fsp3) is 0.222. The molecule has 0 aliphatic carbocycles. The number of ether oxygens (including phenoxy) is 1. The lowest BCUT2D eigenvalue weighted by Crippen LogP contribution is -2.35. The molecule has 1 aliphatic rings. The van der Waals surface area contributed by atoms with Crippen molar-refractivity contribution in [3.05, 3.63) is 54.1 Å². The van der Waals surface area contributed by atoms with E-state index >= 15 is 0 Å². The summed E-state index contributed by atoms with van der Waals surface area (Å²) in [6.45, 7) is 0.774. The molecule has 0 radical (unpaired) electrons. The van der Waals surface area contributed by atoms with Gasteiger partial charge in [-0.1, -0.05) is 12.1 Å². The van der Waals surface area contributed by atoms with Crippen LogP contribution in [-0.2, 0) is 4.79 Å². The molecular formula is C18H16N2O2. The molecule has 110 valence electrons. The number of carbonyl (C=O) groups is 1. The largest absolute Gasteiger partial charge is 0.456 e. The molecule has 1 aliphatic heterocycles. The summed E-state index contributed by atoms with van der Waals surface area (Å²) < 4.78 is 5.74. The zero-order chi connectivity index (χ0) is 15.4. The number of hydrogen-bond acceptors (Lipinski definition) is 3. The highest BCUT2D eigenvalue weighted by Gasteiger charge is 2.19. The topological polar surface area (TPSA) is 53.3 Å². The highest BCUT2D eigenvalue weighted by atomic mass is 16.5. The Morgan fingerprint density at radius 1 is 1.05 bits per heavy atom. The molecule has 0 saturated carbocycles. The van der Waals surface area contributed by atoms with Crippen LogP contribution in [0.4, 0.5) is 5.69 Å². The Bertz CT molecular complexity index is 717. The zero-order valence-electron chi connectivity index (χ0n) is 12.2. The van der Waals surface area contributed by atoms with Gasteiger partial charge in [0, 0.05) is 18.7 Å². The summed E-state index contributed by atoms with van der Waals surface area (Å²) >= 11 is 0. The number of benzene rings is 2. The van der Waals surface area contributed by atoms with E-state index in [0.717, 1.165) is 25.1 Å². The molecule has 0 unspecified atom stereocenters. The summed E-state index contributed by atoms with van der Waals surface area (Å²) in [5, 5.41) is 9.07. The molecule has 0 atom stereocenters. The van der Waals surface area contributed by atoms with Crippen LogP contribution in [0.1, 0.15) is 24.8 Å². The Morgan fingerprint density at radius 2 is 1.82 bits per heavy atom. The normalized spacial score (nSPS) is 14.5. The third kappa shape index (κ3) is 2.94. The molecule has 2 aromatic rings. The second-order valence-corrected chi connectivity index (χ2v) is 5.21. The van der Waals surface area contributed by atoms with E-state index in [-0.39, 0.29) is 5.91 Å². The molecule has 1 saturated heterocycles. The highest BCUT2D eigenvalue weighted by molar-refractivity contribution is 5.94. The maximum absolute atomic E-state index is 11.9. The van der Waals surface area contributed by atoms with Gasteiger partial charge in [-0.2, -0.15) is 5.26 Å². The van der Waals surface area contributed by atoms with Crippen molar-refractivity contribution in [3.8, 4) is 17.6 Å². The van der Waals surface area contributed by atoms with Crippen LogP contribution >= 0.6 is 0 Å². The number of rotatable bonds is 3. The number of piperidine rings is 1. The second kappa shape index (κ2) is 6.31. The molecule has 0 bridgehead atoms. The Morgan fingerprint density at radius 3 is 2.55 bits per heavy atom. The number of anilines is 1. The first kappa shape index (κ1) is 14.2. The Balaban J connectivity index is 1.77. The van der Waals surface area contributed by atoms with Gasteiger partial charge in [0.1, 0.15) is 17.6 Å². The monoisotopic (exact) mass is 292 g/mol. The van der Waals surface area contributed by atoms with Crippen molar-refractivity contribution in [3.63, 3.8) is 0 Å². The maximum Gasteiger partial charge on any atom is 0.226 e. The number of amides is 1. The lowest BCUT2D eigenvalue weighted by Gasteiger charge is -2.26. The van der Waals surface area contributed by atoms with E-state index in [9.17, 15) is 4.79 Å². The number of carbonyl (C=O) groups excluding carboxylic acids is 1. The van der Waals surface area contributed by atoms with Crippen molar-refractivity contribution >= 4 is 11.6 Å². The molecule has 1 heterocycles. The van der Waals surface area contributed by atoms with Crippen LogP contribution in [0.25, 0.3) is 0 Å². The first-order valence-electron chi connectivity index (χ1n) is 7.35. The Labute approximate surface area is 129 Å². The van der Waals surface area contributed by atoms with Gasteiger partial charge in [0.25, 0.3) is 0 Å². The standard InChI is InChI=1S/C18H16N2O2/c19-13-14-5-1-2-6-17(14)22-16-10-8-15(9-11-16)20-12-4-3-7-18(20)21/h1-2,5-6,8-11H,3-4,7,12H2. The van der Waals surface area contributed by atoms with Crippen LogP contribution in [0.2, 0.25) is 0 Å². The fourth-order valence-electron chi connectivity index (χ4n) is 2.55. The van der Waals surface area contributed by atoms with Crippen molar-refractivity contribution in [2.75, 3.05) is 11.4 Å². The van der Waals surface area contributed by atoms with Crippen molar-refractivity contribution in [2.45, 2.75) is 19.3 Å². The van der Waals surface area contributed by atoms with Crippen molar-refractivity contribution in [1.82, 2.24) is 0 Å². The first-order valence-corrected chi connectivity index (χ1v) is 7.35. The molecule has 0 aromatic heterocycles. The summed E-state index contributed by atoms with van der Waals surface area (Å²) in [7, 11) is 0. The maximum atomic E-state index is 11.9. The van der Waals surface area contributed by atoms with Gasteiger partial charge < -0.3 is 9.64 Å². The lowest BCUT2D eigenvalue weighted by atomic mass is 10.1. The van der Waals surface area contributed by atoms with Gasteiger partial charge in [0.05, 0.1) is 5.56 Å². The van der Waals surface area contributed by atoms with Crippen molar-refractivity contribution in [1.29, 1.82) is 5.26 Å². The van der Waals surface area contributed by atoms with Crippen LogP contribution in [0.5, 0.6) is 11.5 Å². The number of nitriles is 1. The smallest absolute Gasteiger partial charge is 0.226 e. The SMILES string of the molecule is N#Cc1ccccc1Oc1ccc(N2CCCCC2=O)cc1. The molecule has 0 N–H and O–H groups in total. The zero-order valence-corrected chi connectivity index (χ0v) is 12.2. The minimum Gasteiger partial charge on any atom is -0.456 e. The second-order valence-electron chi connectivity index (χ2n) is 5.21. The van der Waals surface area contributed by atoms with E-state index in [0.29, 0.717) is 23.5 Å². The van der Waals surface area contributed by atoms with E-state index in [1.54, 1.807) is 18.2 Å². The van der Waals surface area contributed by atoms with E-state index in [1.165, 1.54) is 0 Å². The number of hydrogen-bond donors (Lipinski definition) is 0. The van der Waals surface area contributed by atoms with E-state index in [2.05, 4.69) is 6.07 Å². The number of para-hydroxylation sites is 1. The third-order valence-corrected chi connectivity index (χ3v) is 3.71. The predicted octanol–water partition coefficient (Wildman–Crippen LogP) is 3.87. The molecule has 2 aromatic carbocycles. The summed E-state index contributed by atoms with van der Waals surface area (Å²) in [6, 6.07) is 16.6. The minimum atomic E-state index is 0.176. The summed E-state index contributed by atoms with van der Waals surface area (Å²) in [5.41, 5.74) is 1.39. The first-order chi connectivity index (χ1) is 10.8. The highest BCUT2D eigenvalue weighted by Crippen LogP contribution is 2.28. The molecule has 1 fully saturated rings. The average molecular weight is 292 g/mol. The van der Waals surface area contributed by atoms with E-state index in [4.69, 9.17) is 10.00 Å². The molecule has 4 heteroatoms. The van der Waals surface area contributed by atoms with E-state index in [1.807, 2.05) is 35.2 Å². The van der Waals surface area contributed by atoms with Gasteiger partial charge in [-0.15, -0.1) is 0 Å². The Kier molecular flexibility index (Phi) is 4.06. The molecule has 1 amide bonds. The fourth-order valence-corrected chi connectivity index (χ4v) is 2.55. The molecular weight excluding hydrogens is 276 g/mol. The van der Waals surface area contributed by atoms with Gasteiger partial charge in [0.2, 0.25) is 5.91 Å². The molecule has 4 nitrogen and oxygen atoms in total. The lowest BCUT2D eigenvalue weighted by molar-refractivity contribution is -0.119. The van der Waals surface area contributed by atoms with Gasteiger partial charge in [-0.3, -0.25) is 4.79 Å². The van der Waals surface area contributed by atoms with E-state index < -0.39 is 0 Å². The van der Waals surface area contributed by atoms with Gasteiger partial charge in [-0.25, -0.2) is 0 Å². The third-order valence-electron chi connectivity index (χ3n) is 3.71.